The van der Waals surface area contributed by atoms with E-state index in [1.54, 1.807) is 6.07 Å². The number of carbonyl (C=O) groups is 1. The van der Waals surface area contributed by atoms with E-state index in [9.17, 15) is 9.90 Å². The summed E-state index contributed by atoms with van der Waals surface area (Å²) in [5, 5.41) is 11.3. The first kappa shape index (κ1) is 9.22. The quantitative estimate of drug-likeness (QED) is 0.725. The van der Waals surface area contributed by atoms with Crippen LogP contribution < -0.4 is 0 Å². The number of methoxy groups -OCH3 is 1. The number of thiophene rings is 1. The monoisotopic (exact) mass is 186 g/mol. The zero-order chi connectivity index (χ0) is 8.97. The van der Waals surface area contributed by atoms with Crippen molar-refractivity contribution in [1.29, 1.82) is 0 Å². The van der Waals surface area contributed by atoms with Crippen molar-refractivity contribution in [2.75, 3.05) is 7.11 Å². The SMILES string of the molecule is COC(=O)CC(O)c1cccs1. The summed E-state index contributed by atoms with van der Waals surface area (Å²) in [4.78, 5) is 11.5. The number of aliphatic hydroxyl groups is 1. The fourth-order valence-electron chi connectivity index (χ4n) is 0.823. The lowest BCUT2D eigenvalue weighted by molar-refractivity contribution is -0.142. The molecule has 0 aliphatic carbocycles. The molecule has 4 heteroatoms. The van der Waals surface area contributed by atoms with Gasteiger partial charge in [0.1, 0.15) is 0 Å². The fourth-order valence-corrected chi connectivity index (χ4v) is 1.53. The van der Waals surface area contributed by atoms with Crippen LogP contribution in [0.2, 0.25) is 0 Å². The van der Waals surface area contributed by atoms with E-state index in [4.69, 9.17) is 0 Å². The van der Waals surface area contributed by atoms with Gasteiger partial charge in [-0.15, -0.1) is 11.3 Å². The van der Waals surface area contributed by atoms with Gasteiger partial charge in [0.2, 0.25) is 0 Å². The summed E-state index contributed by atoms with van der Waals surface area (Å²) < 4.78 is 4.42. The van der Waals surface area contributed by atoms with Crippen molar-refractivity contribution in [3.8, 4) is 0 Å². The summed E-state index contributed by atoms with van der Waals surface area (Å²) >= 11 is 1.43. The Morgan fingerprint density at radius 1 is 1.83 bits per heavy atom. The zero-order valence-corrected chi connectivity index (χ0v) is 7.50. The second-order valence-electron chi connectivity index (χ2n) is 2.31. The van der Waals surface area contributed by atoms with Crippen LogP contribution in [-0.4, -0.2) is 18.2 Å². The fraction of sp³-hybridized carbons (Fsp3) is 0.375. The molecule has 1 unspecified atom stereocenters. The van der Waals surface area contributed by atoms with Crippen LogP contribution in [0.4, 0.5) is 0 Å². The lowest BCUT2D eigenvalue weighted by atomic mass is 10.2. The Labute approximate surface area is 74.6 Å². The molecule has 0 bridgehead atoms. The summed E-state index contributed by atoms with van der Waals surface area (Å²) in [6.07, 6.45) is -0.700. The molecule has 1 aromatic heterocycles. The van der Waals surface area contributed by atoms with Gasteiger partial charge in [-0.25, -0.2) is 0 Å². The van der Waals surface area contributed by atoms with Gasteiger partial charge in [-0.1, -0.05) is 6.07 Å². The largest absolute Gasteiger partial charge is 0.469 e. The highest BCUT2D eigenvalue weighted by Crippen LogP contribution is 2.21. The molecule has 0 saturated carbocycles. The van der Waals surface area contributed by atoms with Gasteiger partial charge < -0.3 is 9.84 Å². The number of aliphatic hydroxyl groups excluding tert-OH is 1. The van der Waals surface area contributed by atoms with Crippen LogP contribution in [0, 0.1) is 0 Å². The van der Waals surface area contributed by atoms with Crippen molar-refractivity contribution in [3.63, 3.8) is 0 Å². The Morgan fingerprint density at radius 2 is 2.58 bits per heavy atom. The van der Waals surface area contributed by atoms with Crippen molar-refractivity contribution >= 4 is 17.3 Å². The van der Waals surface area contributed by atoms with E-state index in [0.717, 1.165) is 4.88 Å². The van der Waals surface area contributed by atoms with Crippen LogP contribution in [0.25, 0.3) is 0 Å². The average molecular weight is 186 g/mol. The minimum absolute atomic E-state index is 0.0248. The Bertz CT molecular complexity index is 243. The smallest absolute Gasteiger partial charge is 0.308 e. The first-order chi connectivity index (χ1) is 5.74. The normalized spacial score (nSPS) is 12.5. The van der Waals surface area contributed by atoms with Gasteiger partial charge in [0.15, 0.2) is 0 Å². The predicted molar refractivity (Wildman–Crippen MR) is 45.9 cm³/mol. The van der Waals surface area contributed by atoms with Crippen LogP contribution >= 0.6 is 11.3 Å². The van der Waals surface area contributed by atoms with E-state index in [1.165, 1.54) is 18.4 Å². The molecule has 0 aliphatic heterocycles. The molecule has 1 atom stereocenters. The highest BCUT2D eigenvalue weighted by atomic mass is 32.1. The molecule has 1 rings (SSSR count). The van der Waals surface area contributed by atoms with Gasteiger partial charge in [0.25, 0.3) is 0 Å². The third kappa shape index (κ3) is 2.32. The first-order valence-electron chi connectivity index (χ1n) is 3.52. The molecule has 1 heterocycles. The van der Waals surface area contributed by atoms with E-state index in [2.05, 4.69) is 4.74 Å². The van der Waals surface area contributed by atoms with Crippen LogP contribution in [0.15, 0.2) is 17.5 Å². The summed E-state index contributed by atoms with van der Waals surface area (Å²) in [6, 6.07) is 3.62. The van der Waals surface area contributed by atoms with Gasteiger partial charge in [-0.05, 0) is 11.4 Å². The number of ether oxygens (including phenoxy) is 1. The maximum absolute atomic E-state index is 10.7. The van der Waals surface area contributed by atoms with Gasteiger partial charge in [0.05, 0.1) is 19.6 Å². The standard InChI is InChI=1S/C8H10O3S/c1-11-8(10)5-6(9)7-3-2-4-12-7/h2-4,6,9H,5H2,1H3. The molecule has 1 aromatic rings. The third-order valence-corrected chi connectivity index (χ3v) is 2.43. The van der Waals surface area contributed by atoms with Crippen LogP contribution in [0.5, 0.6) is 0 Å². The molecule has 3 nitrogen and oxygen atoms in total. The highest BCUT2D eigenvalue weighted by molar-refractivity contribution is 7.10. The second kappa shape index (κ2) is 4.23. The molecular formula is C8H10O3S. The maximum Gasteiger partial charge on any atom is 0.308 e. The number of hydrogen-bond acceptors (Lipinski definition) is 4. The lowest BCUT2D eigenvalue weighted by Gasteiger charge is -2.05. The van der Waals surface area contributed by atoms with Crippen molar-refractivity contribution in [2.24, 2.45) is 0 Å². The molecule has 0 aromatic carbocycles. The maximum atomic E-state index is 10.7. The van der Waals surface area contributed by atoms with E-state index in [1.807, 2.05) is 11.4 Å². The number of hydrogen-bond donors (Lipinski definition) is 1. The summed E-state index contributed by atoms with van der Waals surface area (Å²) in [5.74, 6) is -0.393. The molecule has 66 valence electrons. The van der Waals surface area contributed by atoms with Crippen molar-refractivity contribution < 1.29 is 14.6 Å². The number of esters is 1. The molecule has 0 radical (unpaired) electrons. The van der Waals surface area contributed by atoms with E-state index in [0.29, 0.717) is 0 Å². The molecule has 0 aliphatic rings. The Balaban J connectivity index is 2.49. The van der Waals surface area contributed by atoms with Crippen LogP contribution in [0.3, 0.4) is 0 Å². The number of carbonyl (C=O) groups excluding carboxylic acids is 1. The van der Waals surface area contributed by atoms with E-state index >= 15 is 0 Å². The lowest BCUT2D eigenvalue weighted by Crippen LogP contribution is -2.06. The molecular weight excluding hydrogens is 176 g/mol. The van der Waals surface area contributed by atoms with Crippen molar-refractivity contribution in [3.05, 3.63) is 22.4 Å². The average Bonchev–Trinajstić information content (AvgIpc) is 2.56. The van der Waals surface area contributed by atoms with Gasteiger partial charge >= 0.3 is 5.97 Å². The third-order valence-electron chi connectivity index (χ3n) is 1.46. The molecule has 1 N–H and O–H groups in total. The first-order valence-corrected chi connectivity index (χ1v) is 4.40. The van der Waals surface area contributed by atoms with E-state index < -0.39 is 12.1 Å². The van der Waals surface area contributed by atoms with Crippen molar-refractivity contribution in [2.45, 2.75) is 12.5 Å². The molecule has 0 spiro atoms. The highest BCUT2D eigenvalue weighted by Gasteiger charge is 2.13. The summed E-state index contributed by atoms with van der Waals surface area (Å²) in [6.45, 7) is 0. The van der Waals surface area contributed by atoms with E-state index in [-0.39, 0.29) is 6.42 Å². The molecule has 0 amide bonds. The van der Waals surface area contributed by atoms with Gasteiger partial charge in [0, 0.05) is 4.88 Å². The minimum Gasteiger partial charge on any atom is -0.469 e. The number of rotatable bonds is 3. The Morgan fingerprint density at radius 3 is 3.08 bits per heavy atom. The summed E-state index contributed by atoms with van der Waals surface area (Å²) in [5.41, 5.74) is 0. The molecule has 0 saturated heterocycles. The van der Waals surface area contributed by atoms with Crippen LogP contribution in [0.1, 0.15) is 17.4 Å². The van der Waals surface area contributed by atoms with Crippen LogP contribution in [-0.2, 0) is 9.53 Å². The zero-order valence-electron chi connectivity index (χ0n) is 6.69. The van der Waals surface area contributed by atoms with Crippen molar-refractivity contribution in [1.82, 2.24) is 0 Å². The van der Waals surface area contributed by atoms with Gasteiger partial charge in [-0.2, -0.15) is 0 Å². The topological polar surface area (TPSA) is 46.5 Å². The molecule has 12 heavy (non-hydrogen) atoms. The Kier molecular flexibility index (Phi) is 3.25. The predicted octanol–water partition coefficient (Wildman–Crippen LogP) is 1.34. The molecule has 0 fully saturated rings. The Hall–Kier alpha value is -0.870. The second-order valence-corrected chi connectivity index (χ2v) is 3.29. The summed E-state index contributed by atoms with van der Waals surface area (Å²) in [7, 11) is 1.31. The minimum atomic E-state index is -0.725. The van der Waals surface area contributed by atoms with Gasteiger partial charge in [-0.3, -0.25) is 4.79 Å².